The van der Waals surface area contributed by atoms with Crippen LogP contribution in [0.2, 0.25) is 0 Å². The fourth-order valence-corrected chi connectivity index (χ4v) is 3.95. The van der Waals surface area contributed by atoms with Crippen molar-refractivity contribution < 1.29 is 14.4 Å². The highest BCUT2D eigenvalue weighted by Crippen LogP contribution is 2.27. The van der Waals surface area contributed by atoms with Gasteiger partial charge >= 0.3 is 0 Å². The van der Waals surface area contributed by atoms with Gasteiger partial charge in [0, 0.05) is 37.4 Å². The lowest BCUT2D eigenvalue weighted by Crippen LogP contribution is -2.52. The van der Waals surface area contributed by atoms with Crippen LogP contribution in [0.15, 0.2) is 54.6 Å². The van der Waals surface area contributed by atoms with Crippen LogP contribution in [0.5, 0.6) is 0 Å². The fraction of sp³-hybridized carbons (Fsp3) is 0.318. The minimum Gasteiger partial charge on any atom is -0.369 e. The third-order valence-corrected chi connectivity index (χ3v) is 5.53. The van der Waals surface area contributed by atoms with Gasteiger partial charge in [0.25, 0.3) is 5.91 Å². The van der Waals surface area contributed by atoms with Gasteiger partial charge in [-0.2, -0.15) is 0 Å². The Labute approximate surface area is 164 Å². The maximum atomic E-state index is 12.9. The average Bonchev–Trinajstić information content (AvgIpc) is 3.03. The molecule has 2 saturated heterocycles. The Balaban J connectivity index is 1.40. The first kappa shape index (κ1) is 18.4. The number of piperazine rings is 1. The highest BCUT2D eigenvalue weighted by molar-refractivity contribution is 6.22. The second-order valence-electron chi connectivity index (χ2n) is 7.25. The summed E-state index contributed by atoms with van der Waals surface area (Å²) >= 11 is 0. The van der Waals surface area contributed by atoms with Crippen molar-refractivity contribution in [3.63, 3.8) is 0 Å². The molecule has 1 unspecified atom stereocenters. The van der Waals surface area contributed by atoms with E-state index in [1.807, 2.05) is 42.5 Å². The molecular formula is C22H23N3O3. The molecule has 2 aromatic carbocycles. The molecule has 28 heavy (non-hydrogen) atoms. The van der Waals surface area contributed by atoms with E-state index in [0.717, 1.165) is 31.9 Å². The summed E-state index contributed by atoms with van der Waals surface area (Å²) in [6.45, 7) is 4.57. The Hall–Kier alpha value is -2.99. The van der Waals surface area contributed by atoms with E-state index in [9.17, 15) is 14.4 Å². The van der Waals surface area contributed by atoms with Crippen molar-refractivity contribution >= 4 is 29.0 Å². The SMILES string of the molecule is CC(=O)c1ccc(N2CCN(C3CC(=O)N(c4ccccc4)C3=O)CC2)cc1. The van der Waals surface area contributed by atoms with Crippen LogP contribution in [0.4, 0.5) is 11.4 Å². The second kappa shape index (κ2) is 7.56. The summed E-state index contributed by atoms with van der Waals surface area (Å²) < 4.78 is 0. The van der Waals surface area contributed by atoms with Gasteiger partial charge in [0.15, 0.2) is 5.78 Å². The zero-order valence-electron chi connectivity index (χ0n) is 15.9. The highest BCUT2D eigenvalue weighted by Gasteiger charge is 2.43. The number of rotatable bonds is 4. The van der Waals surface area contributed by atoms with E-state index in [0.29, 0.717) is 11.3 Å². The topological polar surface area (TPSA) is 60.9 Å². The number of hydrogen-bond donors (Lipinski definition) is 0. The van der Waals surface area contributed by atoms with Crippen LogP contribution in [0.3, 0.4) is 0 Å². The first-order valence-electron chi connectivity index (χ1n) is 9.56. The van der Waals surface area contributed by atoms with Crippen molar-refractivity contribution in [3.05, 3.63) is 60.2 Å². The van der Waals surface area contributed by atoms with Crippen molar-refractivity contribution in [2.24, 2.45) is 0 Å². The molecule has 0 spiro atoms. The van der Waals surface area contributed by atoms with Gasteiger partial charge in [0.2, 0.25) is 5.91 Å². The van der Waals surface area contributed by atoms with Crippen LogP contribution in [0.1, 0.15) is 23.7 Å². The number of para-hydroxylation sites is 1. The van der Waals surface area contributed by atoms with Crippen molar-refractivity contribution in [1.82, 2.24) is 4.90 Å². The molecule has 0 bridgehead atoms. The quantitative estimate of drug-likeness (QED) is 0.605. The Morgan fingerprint density at radius 1 is 0.857 bits per heavy atom. The fourth-order valence-electron chi connectivity index (χ4n) is 3.95. The molecule has 0 N–H and O–H groups in total. The van der Waals surface area contributed by atoms with E-state index in [1.54, 1.807) is 19.1 Å². The van der Waals surface area contributed by atoms with Gasteiger partial charge in [-0.25, -0.2) is 4.90 Å². The van der Waals surface area contributed by atoms with E-state index < -0.39 is 0 Å². The van der Waals surface area contributed by atoms with Gasteiger partial charge in [-0.05, 0) is 43.3 Å². The molecule has 0 aromatic heterocycles. The van der Waals surface area contributed by atoms with Crippen LogP contribution >= 0.6 is 0 Å². The zero-order valence-corrected chi connectivity index (χ0v) is 15.9. The molecule has 2 fully saturated rings. The van der Waals surface area contributed by atoms with Crippen molar-refractivity contribution in [1.29, 1.82) is 0 Å². The summed E-state index contributed by atoms with van der Waals surface area (Å²) in [6, 6.07) is 16.4. The molecule has 0 radical (unpaired) electrons. The molecule has 0 aliphatic carbocycles. The Morgan fingerprint density at radius 2 is 1.50 bits per heavy atom. The number of Topliss-reactive ketones (excluding diaryl/α,β-unsaturated/α-hetero) is 1. The van der Waals surface area contributed by atoms with Crippen molar-refractivity contribution in [2.75, 3.05) is 36.0 Å². The van der Waals surface area contributed by atoms with Crippen LogP contribution in [0, 0.1) is 0 Å². The minimum absolute atomic E-state index is 0.0590. The molecule has 2 heterocycles. The molecule has 6 nitrogen and oxygen atoms in total. The zero-order chi connectivity index (χ0) is 19.7. The maximum Gasteiger partial charge on any atom is 0.251 e. The standard InChI is InChI=1S/C22H23N3O3/c1-16(26)17-7-9-18(10-8-17)23-11-13-24(14-12-23)20-15-21(27)25(22(20)28)19-5-3-2-4-6-19/h2-10,20H,11-15H2,1H3. The third-order valence-electron chi connectivity index (χ3n) is 5.53. The van der Waals surface area contributed by atoms with Gasteiger partial charge in [0.1, 0.15) is 0 Å². The molecule has 2 aromatic rings. The van der Waals surface area contributed by atoms with E-state index in [1.165, 1.54) is 4.90 Å². The normalized spacial score (nSPS) is 20.7. The summed E-state index contributed by atoms with van der Waals surface area (Å²) in [6.07, 6.45) is 0.237. The Kier molecular flexibility index (Phi) is 4.96. The predicted molar refractivity (Wildman–Crippen MR) is 108 cm³/mol. The molecule has 2 aliphatic rings. The molecule has 144 valence electrons. The first-order chi connectivity index (χ1) is 13.5. The van der Waals surface area contributed by atoms with Gasteiger partial charge in [-0.1, -0.05) is 18.2 Å². The second-order valence-corrected chi connectivity index (χ2v) is 7.25. The lowest BCUT2D eigenvalue weighted by Gasteiger charge is -2.38. The van der Waals surface area contributed by atoms with E-state index in [2.05, 4.69) is 9.80 Å². The van der Waals surface area contributed by atoms with E-state index in [4.69, 9.17) is 0 Å². The summed E-state index contributed by atoms with van der Waals surface area (Å²) in [4.78, 5) is 42.4. The molecule has 2 amide bonds. The molecule has 1 atom stereocenters. The summed E-state index contributed by atoms with van der Waals surface area (Å²) in [5.74, 6) is -0.206. The minimum atomic E-state index is -0.380. The number of ketones is 1. The summed E-state index contributed by atoms with van der Waals surface area (Å²) in [5.41, 5.74) is 2.42. The molecule has 0 saturated carbocycles. The Morgan fingerprint density at radius 3 is 2.11 bits per heavy atom. The predicted octanol–water partition coefficient (Wildman–Crippen LogP) is 2.34. The number of anilines is 2. The van der Waals surface area contributed by atoms with Crippen LogP contribution in [0.25, 0.3) is 0 Å². The Bertz CT molecular complexity index is 887. The van der Waals surface area contributed by atoms with Gasteiger partial charge < -0.3 is 4.90 Å². The number of hydrogen-bond acceptors (Lipinski definition) is 5. The number of carbonyl (C=O) groups is 3. The first-order valence-corrected chi connectivity index (χ1v) is 9.56. The van der Waals surface area contributed by atoms with Crippen LogP contribution < -0.4 is 9.80 Å². The number of imide groups is 1. The van der Waals surface area contributed by atoms with Crippen LogP contribution in [-0.2, 0) is 9.59 Å². The maximum absolute atomic E-state index is 12.9. The van der Waals surface area contributed by atoms with Crippen LogP contribution in [-0.4, -0.2) is 54.7 Å². The molecule has 6 heteroatoms. The smallest absolute Gasteiger partial charge is 0.251 e. The number of nitrogens with zero attached hydrogens (tertiary/aromatic N) is 3. The summed E-state index contributed by atoms with van der Waals surface area (Å²) in [7, 11) is 0. The van der Waals surface area contributed by atoms with Gasteiger partial charge in [0.05, 0.1) is 18.2 Å². The van der Waals surface area contributed by atoms with Gasteiger partial charge in [-0.3, -0.25) is 19.3 Å². The van der Waals surface area contributed by atoms with Gasteiger partial charge in [-0.15, -0.1) is 0 Å². The monoisotopic (exact) mass is 377 g/mol. The third kappa shape index (κ3) is 3.43. The number of benzene rings is 2. The highest BCUT2D eigenvalue weighted by atomic mass is 16.2. The van der Waals surface area contributed by atoms with E-state index >= 15 is 0 Å². The summed E-state index contributed by atoms with van der Waals surface area (Å²) in [5, 5.41) is 0. The molecule has 4 rings (SSSR count). The lowest BCUT2D eigenvalue weighted by molar-refractivity contribution is -0.123. The largest absolute Gasteiger partial charge is 0.369 e. The van der Waals surface area contributed by atoms with Crippen molar-refractivity contribution in [3.8, 4) is 0 Å². The van der Waals surface area contributed by atoms with Crippen molar-refractivity contribution in [2.45, 2.75) is 19.4 Å². The lowest BCUT2D eigenvalue weighted by atomic mass is 10.1. The number of amides is 2. The molecule has 2 aliphatic heterocycles. The average molecular weight is 377 g/mol. The number of carbonyl (C=O) groups excluding carboxylic acids is 3. The molecular weight excluding hydrogens is 354 g/mol. The van der Waals surface area contributed by atoms with E-state index in [-0.39, 0.29) is 30.1 Å².